The van der Waals surface area contributed by atoms with Gasteiger partial charge in [-0.05, 0) is 97.7 Å². The first-order chi connectivity index (χ1) is 21.9. The lowest BCUT2D eigenvalue weighted by atomic mass is 9.59. The Hall–Kier alpha value is -3.93. The van der Waals surface area contributed by atoms with Crippen LogP contribution in [0.15, 0.2) is 66.7 Å². The van der Waals surface area contributed by atoms with Crippen molar-refractivity contribution in [2.24, 2.45) is 29.6 Å². The molecule has 7 unspecified atom stereocenters. The van der Waals surface area contributed by atoms with Crippen molar-refractivity contribution < 1.29 is 23.9 Å². The van der Waals surface area contributed by atoms with E-state index >= 15 is 0 Å². The normalized spacial score (nSPS) is 33.2. The molecule has 1 amide bonds. The second-order valence-electron chi connectivity index (χ2n) is 14.5. The third kappa shape index (κ3) is 3.83. The molecule has 1 saturated heterocycles. The predicted octanol–water partition coefficient (Wildman–Crippen LogP) is 6.18. The van der Waals surface area contributed by atoms with Crippen LogP contribution in [0.3, 0.4) is 0 Å². The summed E-state index contributed by atoms with van der Waals surface area (Å²) in [6, 6.07) is 22.8. The molecule has 6 heteroatoms. The molecule has 45 heavy (non-hydrogen) atoms. The molecule has 1 aliphatic heterocycles. The first-order valence-corrected chi connectivity index (χ1v) is 16.9. The number of likely N-dealkylation sites (tertiary alicyclic amines) is 1. The zero-order valence-electron chi connectivity index (χ0n) is 25.9. The number of esters is 2. The molecule has 1 heterocycles. The number of ether oxygens (including phenoxy) is 2. The lowest BCUT2D eigenvalue weighted by molar-refractivity contribution is -0.165. The van der Waals surface area contributed by atoms with E-state index < -0.39 is 17.9 Å². The number of fused-ring (bicyclic) bond motifs is 3. The Morgan fingerprint density at radius 3 is 2.20 bits per heavy atom. The second-order valence-corrected chi connectivity index (χ2v) is 14.5. The van der Waals surface area contributed by atoms with Crippen molar-refractivity contribution in [2.45, 2.75) is 82.4 Å². The van der Waals surface area contributed by atoms with Gasteiger partial charge in [0.15, 0.2) is 0 Å². The monoisotopic (exact) mass is 601 g/mol. The standard InChI is InChI=1S/C39H39NO5/c1-20(2)40-35-28-19-29(34(33(28)37(40)41)39(43)44-31-17-9-11-21-10-3-4-12-22(21)31)36(35)45-38(42)30-18-27-23-13-5-7-15-25(23)32(30)26-16-8-6-14-24(26)27/h5-9,11,13-17,20,27-30,32-36H,3-4,10,12,18-19H2,1-2H3. The summed E-state index contributed by atoms with van der Waals surface area (Å²) < 4.78 is 12.8. The van der Waals surface area contributed by atoms with E-state index in [1.165, 1.54) is 27.8 Å². The molecule has 10 rings (SSSR count). The third-order valence-corrected chi connectivity index (χ3v) is 12.2. The topological polar surface area (TPSA) is 72.9 Å². The van der Waals surface area contributed by atoms with Gasteiger partial charge >= 0.3 is 11.9 Å². The summed E-state index contributed by atoms with van der Waals surface area (Å²) in [6.07, 6.45) is 5.03. The van der Waals surface area contributed by atoms with Gasteiger partial charge in [0.25, 0.3) is 0 Å². The zero-order chi connectivity index (χ0) is 30.6. The largest absolute Gasteiger partial charge is 0.460 e. The van der Waals surface area contributed by atoms with Gasteiger partial charge in [0.1, 0.15) is 11.9 Å². The molecule has 7 atom stereocenters. The second kappa shape index (κ2) is 10.0. The fraction of sp³-hybridized carbons (Fsp3) is 0.462. The molecule has 4 bridgehead atoms. The number of nitrogens with zero attached hydrogens (tertiary/aromatic N) is 1. The van der Waals surface area contributed by atoms with E-state index in [9.17, 15) is 14.4 Å². The minimum Gasteiger partial charge on any atom is -0.460 e. The number of hydrogen-bond donors (Lipinski definition) is 0. The smallest absolute Gasteiger partial charge is 0.315 e. The summed E-state index contributed by atoms with van der Waals surface area (Å²) in [5.74, 6) is -1.35. The molecule has 6 nitrogen and oxygen atoms in total. The van der Waals surface area contributed by atoms with Crippen LogP contribution >= 0.6 is 0 Å². The SMILES string of the molecule is CC(C)N1C(=O)C2C3CC(C(OC(=O)C4CC5c6ccccc6C4c4ccccc45)C31)C2C(=O)Oc1cccc2c1CCCC2. The van der Waals surface area contributed by atoms with Crippen LogP contribution in [0.4, 0.5) is 0 Å². The molecule has 230 valence electrons. The number of amides is 1. The average molecular weight is 602 g/mol. The molecule has 3 aromatic rings. The van der Waals surface area contributed by atoms with Crippen molar-refractivity contribution in [3.8, 4) is 5.75 Å². The molecule has 3 fully saturated rings. The van der Waals surface area contributed by atoms with E-state index in [4.69, 9.17) is 9.47 Å². The number of rotatable bonds is 5. The van der Waals surface area contributed by atoms with Crippen molar-refractivity contribution in [1.82, 2.24) is 4.90 Å². The summed E-state index contributed by atoms with van der Waals surface area (Å²) in [6.45, 7) is 4.04. The van der Waals surface area contributed by atoms with Crippen LogP contribution in [0.2, 0.25) is 0 Å². The number of carbonyl (C=O) groups is 3. The van der Waals surface area contributed by atoms with Crippen LogP contribution in [0.25, 0.3) is 0 Å². The highest BCUT2D eigenvalue weighted by Crippen LogP contribution is 2.61. The van der Waals surface area contributed by atoms with Crippen molar-refractivity contribution >= 4 is 17.8 Å². The Morgan fingerprint density at radius 2 is 1.49 bits per heavy atom. The summed E-state index contributed by atoms with van der Waals surface area (Å²) in [5.41, 5.74) is 7.43. The molecule has 0 spiro atoms. The van der Waals surface area contributed by atoms with Crippen LogP contribution in [0, 0.1) is 29.6 Å². The van der Waals surface area contributed by atoms with E-state index in [2.05, 4.69) is 54.6 Å². The molecule has 6 aliphatic carbocycles. The van der Waals surface area contributed by atoms with Gasteiger partial charge in [0, 0.05) is 23.8 Å². The lowest BCUT2D eigenvalue weighted by Crippen LogP contribution is -2.50. The minimum atomic E-state index is -0.607. The number of benzene rings is 3. The maximum absolute atomic E-state index is 14.4. The average Bonchev–Trinajstić information content (AvgIpc) is 3.68. The Bertz CT molecular complexity index is 1700. The summed E-state index contributed by atoms with van der Waals surface area (Å²) in [5, 5.41) is 0. The predicted molar refractivity (Wildman–Crippen MR) is 168 cm³/mol. The lowest BCUT2D eigenvalue weighted by Gasteiger charge is -2.45. The van der Waals surface area contributed by atoms with Gasteiger partial charge in [-0.1, -0.05) is 60.7 Å². The van der Waals surface area contributed by atoms with Crippen molar-refractivity contribution in [3.05, 3.63) is 100 Å². The van der Waals surface area contributed by atoms with Gasteiger partial charge in [-0.15, -0.1) is 0 Å². The van der Waals surface area contributed by atoms with Gasteiger partial charge in [0.05, 0.1) is 23.8 Å². The number of hydrogen-bond acceptors (Lipinski definition) is 5. The van der Waals surface area contributed by atoms with Gasteiger partial charge < -0.3 is 14.4 Å². The summed E-state index contributed by atoms with van der Waals surface area (Å²) in [4.78, 5) is 44.3. The maximum atomic E-state index is 14.4. The van der Waals surface area contributed by atoms with Crippen molar-refractivity contribution in [1.29, 1.82) is 0 Å². The van der Waals surface area contributed by atoms with Crippen LogP contribution in [-0.4, -0.2) is 40.9 Å². The molecule has 0 aromatic heterocycles. The van der Waals surface area contributed by atoms with E-state index in [-0.39, 0.29) is 59.5 Å². The highest BCUT2D eigenvalue weighted by Gasteiger charge is 2.71. The molecule has 0 radical (unpaired) electrons. The van der Waals surface area contributed by atoms with E-state index in [0.717, 1.165) is 31.2 Å². The van der Waals surface area contributed by atoms with Crippen molar-refractivity contribution in [2.75, 3.05) is 0 Å². The van der Waals surface area contributed by atoms with Crippen LogP contribution < -0.4 is 4.74 Å². The van der Waals surface area contributed by atoms with E-state index in [1.54, 1.807) is 0 Å². The van der Waals surface area contributed by atoms with Gasteiger partial charge in [-0.2, -0.15) is 0 Å². The summed E-state index contributed by atoms with van der Waals surface area (Å²) >= 11 is 0. The first kappa shape index (κ1) is 27.4. The van der Waals surface area contributed by atoms with E-state index in [1.807, 2.05) is 30.9 Å². The first-order valence-electron chi connectivity index (χ1n) is 16.9. The highest BCUT2D eigenvalue weighted by atomic mass is 16.6. The molecule has 3 aromatic carbocycles. The van der Waals surface area contributed by atoms with Crippen molar-refractivity contribution in [3.63, 3.8) is 0 Å². The molecular formula is C39H39NO5. The summed E-state index contributed by atoms with van der Waals surface area (Å²) in [7, 11) is 0. The molecule has 2 saturated carbocycles. The van der Waals surface area contributed by atoms with Crippen LogP contribution in [0.1, 0.15) is 84.7 Å². The quantitative estimate of drug-likeness (QED) is 0.258. The minimum absolute atomic E-state index is 0.00537. The maximum Gasteiger partial charge on any atom is 0.315 e. The third-order valence-electron chi connectivity index (χ3n) is 12.2. The van der Waals surface area contributed by atoms with Gasteiger partial charge in [-0.3, -0.25) is 14.4 Å². The molecular weight excluding hydrogens is 562 g/mol. The van der Waals surface area contributed by atoms with Crippen LogP contribution in [0.5, 0.6) is 5.75 Å². The highest BCUT2D eigenvalue weighted by molar-refractivity contribution is 5.91. The Kier molecular flexibility index (Phi) is 6.11. The van der Waals surface area contributed by atoms with Gasteiger partial charge in [0.2, 0.25) is 5.91 Å². The fourth-order valence-electron chi connectivity index (χ4n) is 10.5. The van der Waals surface area contributed by atoms with E-state index in [0.29, 0.717) is 18.6 Å². The Balaban J connectivity index is 1.03. The zero-order valence-corrected chi connectivity index (χ0v) is 25.9. The number of aryl methyl sites for hydroxylation is 1. The molecule has 0 N–H and O–H groups in total. The molecule has 7 aliphatic rings. The number of carbonyl (C=O) groups excluding carboxylic acids is 3. The Labute approximate surface area is 264 Å². The fourth-order valence-corrected chi connectivity index (χ4v) is 10.5. The Morgan fingerprint density at radius 1 is 0.800 bits per heavy atom. The van der Waals surface area contributed by atoms with Crippen LogP contribution in [-0.2, 0) is 32.0 Å². The van der Waals surface area contributed by atoms with Gasteiger partial charge in [-0.25, -0.2) is 0 Å².